The van der Waals surface area contributed by atoms with Crippen LogP contribution in [0, 0.1) is 5.92 Å². The normalized spacial score (nSPS) is 17.2. The molecule has 64 valence electrons. The summed E-state index contributed by atoms with van der Waals surface area (Å²) in [5.41, 5.74) is 0. The molecule has 0 spiro atoms. The Morgan fingerprint density at radius 3 is 2.09 bits per heavy atom. The fraction of sp³-hybridized carbons (Fsp3) is 0.556. The van der Waals surface area contributed by atoms with Crippen molar-refractivity contribution in [3.8, 4) is 0 Å². The van der Waals surface area contributed by atoms with Gasteiger partial charge in [-0.1, -0.05) is 32.1 Å². The number of hydrogen-bond donors (Lipinski definition) is 2. The third-order valence-electron chi connectivity index (χ3n) is 1.43. The lowest BCUT2D eigenvalue weighted by Gasteiger charge is -2.08. The summed E-state index contributed by atoms with van der Waals surface area (Å²) in [6.45, 7) is 7.22. The van der Waals surface area contributed by atoms with Crippen LogP contribution in [0.3, 0.4) is 0 Å². The molecule has 2 N–H and O–H groups in total. The van der Waals surface area contributed by atoms with Crippen molar-refractivity contribution in [1.29, 1.82) is 0 Å². The quantitative estimate of drug-likeness (QED) is 0.598. The van der Waals surface area contributed by atoms with Crippen molar-refractivity contribution in [2.24, 2.45) is 5.92 Å². The molecule has 0 aromatic carbocycles. The minimum Gasteiger partial charge on any atom is -0.389 e. The Hall–Kier alpha value is -0.600. The first-order chi connectivity index (χ1) is 5.07. The Morgan fingerprint density at radius 2 is 1.73 bits per heavy atom. The van der Waals surface area contributed by atoms with Crippen LogP contribution in [0.2, 0.25) is 0 Å². The van der Waals surface area contributed by atoms with Gasteiger partial charge in [0.25, 0.3) is 0 Å². The van der Waals surface area contributed by atoms with Crippen molar-refractivity contribution >= 4 is 0 Å². The van der Waals surface area contributed by atoms with Crippen LogP contribution in [-0.2, 0) is 0 Å². The van der Waals surface area contributed by atoms with Gasteiger partial charge in [-0.3, -0.25) is 0 Å². The van der Waals surface area contributed by atoms with E-state index in [1.807, 2.05) is 13.8 Å². The summed E-state index contributed by atoms with van der Waals surface area (Å²) >= 11 is 0. The van der Waals surface area contributed by atoms with Gasteiger partial charge < -0.3 is 10.2 Å². The second kappa shape index (κ2) is 5.10. The zero-order chi connectivity index (χ0) is 8.85. The maximum atomic E-state index is 9.24. The molecule has 0 aliphatic carbocycles. The molecule has 11 heavy (non-hydrogen) atoms. The summed E-state index contributed by atoms with van der Waals surface area (Å²) < 4.78 is 0. The van der Waals surface area contributed by atoms with Crippen LogP contribution in [0.5, 0.6) is 0 Å². The summed E-state index contributed by atoms with van der Waals surface area (Å²) in [5, 5.41) is 18.2. The lowest BCUT2D eigenvalue weighted by atomic mass is 10.1. The monoisotopic (exact) mass is 156 g/mol. The smallest absolute Gasteiger partial charge is 0.0900 e. The van der Waals surface area contributed by atoms with E-state index in [9.17, 15) is 5.11 Å². The topological polar surface area (TPSA) is 40.5 Å². The summed E-state index contributed by atoms with van der Waals surface area (Å²) in [6, 6.07) is 0. The second-order valence-electron chi connectivity index (χ2n) is 2.85. The Kier molecular flexibility index (Phi) is 4.83. The molecule has 0 radical (unpaired) electrons. The summed E-state index contributed by atoms with van der Waals surface area (Å²) in [4.78, 5) is 0. The van der Waals surface area contributed by atoms with E-state index in [1.54, 1.807) is 6.08 Å². The minimum absolute atomic E-state index is 0.184. The predicted octanol–water partition coefficient (Wildman–Crippen LogP) is 1.11. The molecule has 2 atom stereocenters. The van der Waals surface area contributed by atoms with E-state index < -0.39 is 12.2 Å². The minimum atomic E-state index is -0.650. The van der Waals surface area contributed by atoms with Crippen molar-refractivity contribution in [1.82, 2.24) is 0 Å². The first kappa shape index (κ1) is 10.4. The third-order valence-corrected chi connectivity index (χ3v) is 1.43. The fourth-order valence-electron chi connectivity index (χ4n) is 0.528. The zero-order valence-corrected chi connectivity index (χ0v) is 7.07. The van der Waals surface area contributed by atoms with Gasteiger partial charge >= 0.3 is 0 Å². The fourth-order valence-corrected chi connectivity index (χ4v) is 0.528. The Bertz CT molecular complexity index is 138. The van der Waals surface area contributed by atoms with E-state index in [2.05, 4.69) is 6.58 Å². The molecule has 0 rings (SSSR count). The van der Waals surface area contributed by atoms with E-state index in [0.717, 1.165) is 0 Å². The van der Waals surface area contributed by atoms with E-state index in [-0.39, 0.29) is 5.92 Å². The molecule has 0 aliphatic heterocycles. The van der Waals surface area contributed by atoms with Gasteiger partial charge in [-0.15, -0.1) is 6.58 Å². The molecule has 2 unspecified atom stereocenters. The Balaban J connectivity index is 3.81. The highest BCUT2D eigenvalue weighted by molar-refractivity contribution is 5.00. The average Bonchev–Trinajstić information content (AvgIpc) is 1.99. The average molecular weight is 156 g/mol. The number of rotatable bonds is 4. The Morgan fingerprint density at radius 1 is 1.18 bits per heavy atom. The van der Waals surface area contributed by atoms with E-state index in [4.69, 9.17) is 5.11 Å². The second-order valence-corrected chi connectivity index (χ2v) is 2.85. The highest BCUT2D eigenvalue weighted by Gasteiger charge is 2.03. The van der Waals surface area contributed by atoms with Crippen LogP contribution < -0.4 is 0 Å². The van der Waals surface area contributed by atoms with E-state index in [0.29, 0.717) is 0 Å². The van der Waals surface area contributed by atoms with Gasteiger partial charge in [0.1, 0.15) is 0 Å². The van der Waals surface area contributed by atoms with Gasteiger partial charge in [0.15, 0.2) is 0 Å². The van der Waals surface area contributed by atoms with Crippen LogP contribution in [0.15, 0.2) is 24.8 Å². The summed E-state index contributed by atoms with van der Waals surface area (Å²) in [5.74, 6) is 0.184. The predicted molar refractivity (Wildman–Crippen MR) is 46.2 cm³/mol. The van der Waals surface area contributed by atoms with Crippen molar-refractivity contribution in [3.05, 3.63) is 24.8 Å². The lowest BCUT2D eigenvalue weighted by Crippen LogP contribution is -2.11. The van der Waals surface area contributed by atoms with Crippen LogP contribution in [0.1, 0.15) is 13.8 Å². The molecule has 0 fully saturated rings. The van der Waals surface area contributed by atoms with Crippen LogP contribution in [-0.4, -0.2) is 22.4 Å². The van der Waals surface area contributed by atoms with Crippen molar-refractivity contribution < 1.29 is 10.2 Å². The zero-order valence-electron chi connectivity index (χ0n) is 7.07. The van der Waals surface area contributed by atoms with Gasteiger partial charge in [0.2, 0.25) is 0 Å². The first-order valence-electron chi connectivity index (χ1n) is 3.75. The molecule has 2 nitrogen and oxygen atoms in total. The van der Waals surface area contributed by atoms with Crippen LogP contribution in [0.4, 0.5) is 0 Å². The maximum absolute atomic E-state index is 9.24. The summed E-state index contributed by atoms with van der Waals surface area (Å²) in [7, 11) is 0. The van der Waals surface area contributed by atoms with Crippen molar-refractivity contribution in [2.45, 2.75) is 26.1 Å². The number of aliphatic hydroxyl groups excluding tert-OH is 2. The van der Waals surface area contributed by atoms with E-state index in [1.165, 1.54) is 12.2 Å². The number of aliphatic hydroxyl groups is 2. The molecule has 0 saturated heterocycles. The SMILES string of the molecule is C=CC(O)/C=C/C(O)C(C)C. The van der Waals surface area contributed by atoms with Crippen molar-refractivity contribution in [3.63, 3.8) is 0 Å². The lowest BCUT2D eigenvalue weighted by molar-refractivity contribution is 0.170. The molecule has 0 heterocycles. The van der Waals surface area contributed by atoms with Gasteiger partial charge in [-0.2, -0.15) is 0 Å². The highest BCUT2D eigenvalue weighted by atomic mass is 16.3. The standard InChI is InChI=1S/C9H16O2/c1-4-8(10)5-6-9(11)7(2)3/h4-11H,1H2,2-3H3/b6-5+. The first-order valence-corrected chi connectivity index (χ1v) is 3.75. The molecule has 2 heteroatoms. The molecule has 0 saturated carbocycles. The number of hydrogen-bond acceptors (Lipinski definition) is 2. The molecule has 0 amide bonds. The van der Waals surface area contributed by atoms with Crippen LogP contribution >= 0.6 is 0 Å². The molecule has 0 aromatic heterocycles. The Labute approximate surface area is 67.9 Å². The molecule has 0 bridgehead atoms. The molecular formula is C9H16O2. The highest BCUT2D eigenvalue weighted by Crippen LogP contribution is 2.02. The summed E-state index contributed by atoms with van der Waals surface area (Å²) in [6.07, 6.45) is 3.38. The molecule has 0 aromatic rings. The molecular weight excluding hydrogens is 140 g/mol. The molecule has 0 aliphatic rings. The third kappa shape index (κ3) is 4.76. The maximum Gasteiger partial charge on any atom is 0.0900 e. The van der Waals surface area contributed by atoms with Gasteiger partial charge in [-0.25, -0.2) is 0 Å². The van der Waals surface area contributed by atoms with Crippen LogP contribution in [0.25, 0.3) is 0 Å². The van der Waals surface area contributed by atoms with Crippen molar-refractivity contribution in [2.75, 3.05) is 0 Å². The van der Waals surface area contributed by atoms with E-state index >= 15 is 0 Å². The van der Waals surface area contributed by atoms with Gasteiger partial charge in [-0.05, 0) is 5.92 Å². The van der Waals surface area contributed by atoms with Gasteiger partial charge in [0.05, 0.1) is 12.2 Å². The van der Waals surface area contributed by atoms with Gasteiger partial charge in [0, 0.05) is 0 Å². The largest absolute Gasteiger partial charge is 0.389 e.